The Hall–Kier alpha value is -2.08. The normalized spacial score (nSPS) is 21.9. The van der Waals surface area contributed by atoms with Crippen molar-refractivity contribution in [2.45, 2.75) is 38.1 Å². The predicted octanol–water partition coefficient (Wildman–Crippen LogP) is 1.69. The Labute approximate surface area is 161 Å². The molecule has 2 heterocycles. The van der Waals surface area contributed by atoms with E-state index in [4.69, 9.17) is 4.74 Å². The van der Waals surface area contributed by atoms with Crippen LogP contribution >= 0.6 is 0 Å². The highest BCUT2D eigenvalue weighted by molar-refractivity contribution is 5.84. The van der Waals surface area contributed by atoms with E-state index in [-0.39, 0.29) is 23.8 Å². The summed E-state index contributed by atoms with van der Waals surface area (Å²) in [7, 11) is 3.77. The van der Waals surface area contributed by atoms with Gasteiger partial charge in [-0.3, -0.25) is 9.59 Å². The molecule has 3 rings (SSSR count). The van der Waals surface area contributed by atoms with Crippen LogP contribution in [-0.2, 0) is 16.0 Å². The van der Waals surface area contributed by atoms with Crippen molar-refractivity contribution in [3.8, 4) is 5.75 Å². The van der Waals surface area contributed by atoms with Gasteiger partial charge >= 0.3 is 0 Å². The minimum atomic E-state index is -0.0850. The summed E-state index contributed by atoms with van der Waals surface area (Å²) in [4.78, 5) is 29.1. The molecule has 0 aliphatic carbocycles. The van der Waals surface area contributed by atoms with Gasteiger partial charge in [0.05, 0.1) is 13.0 Å². The fraction of sp³-hybridized carbons (Fsp3) is 0.619. The summed E-state index contributed by atoms with van der Waals surface area (Å²) in [6.45, 7) is 3.25. The van der Waals surface area contributed by atoms with E-state index in [2.05, 4.69) is 17.3 Å². The highest BCUT2D eigenvalue weighted by Crippen LogP contribution is 2.20. The Morgan fingerprint density at radius 2 is 1.89 bits per heavy atom. The molecule has 6 nitrogen and oxygen atoms in total. The van der Waals surface area contributed by atoms with Crippen molar-refractivity contribution in [1.29, 1.82) is 0 Å². The Kier molecular flexibility index (Phi) is 6.72. The lowest BCUT2D eigenvalue weighted by atomic mass is 9.95. The molecule has 1 atom stereocenters. The number of likely N-dealkylation sites (tertiary alicyclic amines) is 2. The number of ether oxygens (including phenoxy) is 1. The molecule has 0 bridgehead atoms. The molecule has 27 heavy (non-hydrogen) atoms. The number of nitrogens with one attached hydrogen (secondary N) is 1. The van der Waals surface area contributed by atoms with E-state index in [9.17, 15) is 9.59 Å². The van der Waals surface area contributed by atoms with Crippen molar-refractivity contribution < 1.29 is 14.3 Å². The van der Waals surface area contributed by atoms with Crippen molar-refractivity contribution in [2.24, 2.45) is 5.92 Å². The molecular weight excluding hydrogens is 342 g/mol. The van der Waals surface area contributed by atoms with Crippen molar-refractivity contribution >= 4 is 11.8 Å². The van der Waals surface area contributed by atoms with Crippen LogP contribution in [0.15, 0.2) is 24.3 Å². The van der Waals surface area contributed by atoms with Crippen LogP contribution in [0.25, 0.3) is 0 Å². The number of carbonyl (C=O) groups excluding carboxylic acids is 2. The number of hydrogen-bond donors (Lipinski definition) is 1. The maximum Gasteiger partial charge on any atom is 0.225 e. The Bertz CT molecular complexity index is 639. The van der Waals surface area contributed by atoms with E-state index in [1.54, 1.807) is 7.11 Å². The first-order chi connectivity index (χ1) is 13.0. The van der Waals surface area contributed by atoms with Gasteiger partial charge in [-0.25, -0.2) is 0 Å². The van der Waals surface area contributed by atoms with Crippen LogP contribution in [0.2, 0.25) is 0 Å². The fourth-order valence-electron chi connectivity index (χ4n) is 3.87. The average molecular weight is 373 g/mol. The maximum atomic E-state index is 12.7. The van der Waals surface area contributed by atoms with Crippen molar-refractivity contribution in [3.05, 3.63) is 29.8 Å². The molecule has 2 aliphatic rings. The second kappa shape index (κ2) is 9.22. The Morgan fingerprint density at radius 1 is 1.19 bits per heavy atom. The smallest absolute Gasteiger partial charge is 0.225 e. The Balaban J connectivity index is 1.49. The van der Waals surface area contributed by atoms with Crippen LogP contribution in [0.5, 0.6) is 5.75 Å². The summed E-state index contributed by atoms with van der Waals surface area (Å²) in [5.74, 6) is 1.02. The van der Waals surface area contributed by atoms with E-state index in [1.807, 2.05) is 29.2 Å². The number of nitrogens with zero attached hydrogens (tertiary/aromatic N) is 2. The van der Waals surface area contributed by atoms with Crippen LogP contribution in [0.4, 0.5) is 0 Å². The summed E-state index contributed by atoms with van der Waals surface area (Å²) in [6.07, 6.45) is 3.94. The fourth-order valence-corrected chi connectivity index (χ4v) is 3.87. The number of amides is 2. The van der Waals surface area contributed by atoms with Crippen LogP contribution in [0, 0.1) is 5.92 Å². The van der Waals surface area contributed by atoms with E-state index < -0.39 is 0 Å². The summed E-state index contributed by atoms with van der Waals surface area (Å²) in [5, 5.41) is 3.21. The number of benzene rings is 1. The summed E-state index contributed by atoms with van der Waals surface area (Å²) in [6, 6.07) is 8.20. The molecule has 1 unspecified atom stereocenters. The van der Waals surface area contributed by atoms with Gasteiger partial charge in [0.15, 0.2) is 0 Å². The van der Waals surface area contributed by atoms with Gasteiger partial charge in [-0.15, -0.1) is 0 Å². The van der Waals surface area contributed by atoms with Gasteiger partial charge in [-0.1, -0.05) is 12.1 Å². The van der Waals surface area contributed by atoms with Crippen LogP contribution in [0.3, 0.4) is 0 Å². The molecule has 1 N–H and O–H groups in total. The molecule has 148 valence electrons. The van der Waals surface area contributed by atoms with Gasteiger partial charge in [-0.2, -0.15) is 0 Å². The zero-order chi connectivity index (χ0) is 19.2. The Morgan fingerprint density at radius 3 is 2.56 bits per heavy atom. The van der Waals surface area contributed by atoms with Gasteiger partial charge in [0.2, 0.25) is 11.8 Å². The molecule has 0 spiro atoms. The largest absolute Gasteiger partial charge is 0.497 e. The van der Waals surface area contributed by atoms with E-state index in [1.165, 1.54) is 5.56 Å². The molecule has 2 saturated heterocycles. The third-order valence-corrected chi connectivity index (χ3v) is 5.77. The maximum absolute atomic E-state index is 12.7. The van der Waals surface area contributed by atoms with Crippen LogP contribution in [-0.4, -0.2) is 68.0 Å². The quantitative estimate of drug-likeness (QED) is 0.824. The second-order valence-corrected chi connectivity index (χ2v) is 7.76. The van der Waals surface area contributed by atoms with Crippen molar-refractivity contribution in [3.63, 3.8) is 0 Å². The lowest BCUT2D eigenvalue weighted by Crippen LogP contribution is -2.50. The van der Waals surface area contributed by atoms with Gasteiger partial charge in [0.1, 0.15) is 5.75 Å². The monoisotopic (exact) mass is 373 g/mol. The molecule has 1 aromatic carbocycles. The highest BCUT2D eigenvalue weighted by atomic mass is 16.5. The minimum absolute atomic E-state index is 0.0850. The predicted molar refractivity (Wildman–Crippen MR) is 105 cm³/mol. The number of rotatable bonds is 6. The topological polar surface area (TPSA) is 61.9 Å². The summed E-state index contributed by atoms with van der Waals surface area (Å²) in [5.41, 5.74) is 1.17. The first-order valence-electron chi connectivity index (χ1n) is 9.95. The molecule has 0 aromatic heterocycles. The van der Waals surface area contributed by atoms with E-state index in [0.717, 1.165) is 38.1 Å². The zero-order valence-electron chi connectivity index (χ0n) is 16.4. The first kappa shape index (κ1) is 19.7. The SMILES string of the molecule is COc1ccc(CCN2CC(C(=O)NC3CCN(C)CC3)CCC2=O)cc1. The standard InChI is InChI=1S/C21H31N3O3/c1-23-12-10-18(11-13-23)22-21(26)17-5-8-20(25)24(15-17)14-9-16-3-6-19(27-2)7-4-16/h3-4,6-7,17-18H,5,8-15H2,1-2H3,(H,22,26). The van der Waals surface area contributed by atoms with Crippen LogP contribution < -0.4 is 10.1 Å². The number of carbonyl (C=O) groups is 2. The highest BCUT2D eigenvalue weighted by Gasteiger charge is 2.31. The summed E-state index contributed by atoms with van der Waals surface area (Å²) >= 11 is 0. The number of piperidine rings is 2. The molecule has 1 aromatic rings. The molecule has 2 fully saturated rings. The molecule has 2 amide bonds. The minimum Gasteiger partial charge on any atom is -0.497 e. The van der Waals surface area contributed by atoms with Gasteiger partial charge in [-0.05, 0) is 63.5 Å². The van der Waals surface area contributed by atoms with Gasteiger partial charge in [0.25, 0.3) is 0 Å². The average Bonchev–Trinajstić information content (AvgIpc) is 2.69. The third-order valence-electron chi connectivity index (χ3n) is 5.77. The molecular formula is C21H31N3O3. The molecule has 0 saturated carbocycles. The molecule has 2 aliphatic heterocycles. The number of methoxy groups -OCH3 is 1. The molecule has 0 radical (unpaired) electrons. The molecule has 6 heteroatoms. The second-order valence-electron chi connectivity index (χ2n) is 7.76. The lowest BCUT2D eigenvalue weighted by molar-refractivity contribution is -0.138. The van der Waals surface area contributed by atoms with E-state index >= 15 is 0 Å². The zero-order valence-corrected chi connectivity index (χ0v) is 16.4. The summed E-state index contributed by atoms with van der Waals surface area (Å²) < 4.78 is 5.18. The van der Waals surface area contributed by atoms with Crippen molar-refractivity contribution in [1.82, 2.24) is 15.1 Å². The van der Waals surface area contributed by atoms with Gasteiger partial charge < -0.3 is 19.9 Å². The van der Waals surface area contributed by atoms with Crippen LogP contribution in [0.1, 0.15) is 31.2 Å². The van der Waals surface area contributed by atoms with Gasteiger partial charge in [0, 0.05) is 25.6 Å². The number of hydrogen-bond acceptors (Lipinski definition) is 4. The lowest BCUT2D eigenvalue weighted by Gasteiger charge is -2.34. The van der Waals surface area contributed by atoms with E-state index in [0.29, 0.717) is 25.9 Å². The third kappa shape index (κ3) is 5.45. The first-order valence-corrected chi connectivity index (χ1v) is 9.95. The van der Waals surface area contributed by atoms with Crippen molar-refractivity contribution in [2.75, 3.05) is 40.3 Å².